The Morgan fingerprint density at radius 2 is 1.55 bits per heavy atom. The van der Waals surface area contributed by atoms with Gasteiger partial charge in [-0.05, 0) is 55.9 Å². The van der Waals surface area contributed by atoms with Crippen LogP contribution in [0, 0.1) is 0 Å². The van der Waals surface area contributed by atoms with Crippen molar-refractivity contribution in [2.24, 2.45) is 0 Å². The van der Waals surface area contributed by atoms with Gasteiger partial charge in [0.15, 0.2) is 23.1 Å². The van der Waals surface area contributed by atoms with Gasteiger partial charge in [-0.15, -0.1) is 0 Å². The van der Waals surface area contributed by atoms with E-state index in [1.807, 2.05) is 60.4 Å². The largest absolute Gasteiger partial charge is 0.490 e. The van der Waals surface area contributed by atoms with E-state index >= 15 is 0 Å². The summed E-state index contributed by atoms with van der Waals surface area (Å²) in [5.41, 5.74) is 4.89. The van der Waals surface area contributed by atoms with E-state index < -0.39 is 11.9 Å². The van der Waals surface area contributed by atoms with Gasteiger partial charge in [-0.1, -0.05) is 36.4 Å². The minimum absolute atomic E-state index is 0.0314. The summed E-state index contributed by atoms with van der Waals surface area (Å²) in [5.74, 6) is -0.137. The van der Waals surface area contributed by atoms with Crippen LogP contribution in [0.1, 0.15) is 68.9 Å². The van der Waals surface area contributed by atoms with Crippen molar-refractivity contribution in [1.29, 1.82) is 0 Å². The molecular formula is C31H33NO6. The van der Waals surface area contributed by atoms with Gasteiger partial charge in [-0.25, -0.2) is 0 Å². The van der Waals surface area contributed by atoms with Crippen LogP contribution in [0.15, 0.2) is 71.1 Å². The Morgan fingerprint density at radius 1 is 0.895 bits per heavy atom. The van der Waals surface area contributed by atoms with Gasteiger partial charge in [0.2, 0.25) is 0 Å². The van der Waals surface area contributed by atoms with E-state index in [-0.39, 0.29) is 24.5 Å². The molecule has 1 heterocycles. The van der Waals surface area contributed by atoms with Crippen molar-refractivity contribution < 1.29 is 29.0 Å². The Kier molecular flexibility index (Phi) is 7.63. The second-order valence-electron chi connectivity index (χ2n) is 9.92. The lowest BCUT2D eigenvalue weighted by molar-refractivity contribution is -0.137. The van der Waals surface area contributed by atoms with Gasteiger partial charge in [0.05, 0.1) is 13.0 Å². The first-order valence-electron chi connectivity index (χ1n) is 13.4. The van der Waals surface area contributed by atoms with Gasteiger partial charge in [-0.3, -0.25) is 14.4 Å². The number of aliphatic carboxylic acids is 1. The molecule has 0 aromatic heterocycles. The van der Waals surface area contributed by atoms with Crippen LogP contribution >= 0.6 is 0 Å². The average Bonchev–Trinajstić information content (AvgIpc) is 2.91. The number of Topliss-reactive ketones (excluding diaryl/α,β-unsaturated/α-hetero) is 2. The molecule has 3 aliphatic rings. The number of hydrogen-bond acceptors (Lipinski definition) is 6. The molecule has 1 N–H and O–H groups in total. The second-order valence-corrected chi connectivity index (χ2v) is 9.92. The molecule has 2 aromatic rings. The molecule has 2 aromatic carbocycles. The Labute approximate surface area is 222 Å². The third kappa shape index (κ3) is 5.10. The van der Waals surface area contributed by atoms with Crippen LogP contribution in [0.3, 0.4) is 0 Å². The number of carbonyl (C=O) groups is 3. The first-order valence-corrected chi connectivity index (χ1v) is 13.4. The van der Waals surface area contributed by atoms with E-state index in [0.29, 0.717) is 61.5 Å². The Balaban J connectivity index is 1.57. The lowest BCUT2D eigenvalue weighted by Crippen LogP contribution is -2.39. The summed E-state index contributed by atoms with van der Waals surface area (Å²) in [7, 11) is 0. The van der Waals surface area contributed by atoms with Gasteiger partial charge in [-0.2, -0.15) is 0 Å². The first kappa shape index (κ1) is 25.8. The minimum atomic E-state index is -0.895. The smallest absolute Gasteiger partial charge is 0.305 e. The number of carboxylic acids is 1. The quantitative estimate of drug-likeness (QED) is 0.468. The predicted molar refractivity (Wildman–Crippen MR) is 142 cm³/mol. The zero-order valence-corrected chi connectivity index (χ0v) is 21.7. The van der Waals surface area contributed by atoms with Crippen molar-refractivity contribution >= 4 is 17.5 Å². The Hall–Kier alpha value is -3.87. The zero-order chi connectivity index (χ0) is 26.6. The SMILES string of the molecule is CCOc1cc(C2C3=C(CCCC3=O)N(CCC(=O)O)C3=C2C(=O)CCC3)ccc1OCc1ccccc1. The molecule has 0 amide bonds. The summed E-state index contributed by atoms with van der Waals surface area (Å²) in [4.78, 5) is 40.3. The number of ether oxygens (including phenoxy) is 2. The molecule has 198 valence electrons. The van der Waals surface area contributed by atoms with Gasteiger partial charge in [0.1, 0.15) is 6.61 Å². The highest BCUT2D eigenvalue weighted by molar-refractivity contribution is 6.06. The molecule has 0 unspecified atom stereocenters. The third-order valence-corrected chi connectivity index (χ3v) is 7.47. The van der Waals surface area contributed by atoms with E-state index in [1.165, 1.54) is 0 Å². The molecule has 0 saturated heterocycles. The number of rotatable bonds is 9. The monoisotopic (exact) mass is 515 g/mol. The second kappa shape index (κ2) is 11.3. The summed E-state index contributed by atoms with van der Waals surface area (Å²) in [5, 5.41) is 9.38. The maximum Gasteiger partial charge on any atom is 0.305 e. The van der Waals surface area contributed by atoms with E-state index in [4.69, 9.17) is 9.47 Å². The molecule has 7 nitrogen and oxygen atoms in total. The fourth-order valence-corrected chi connectivity index (χ4v) is 5.85. The maximum atomic E-state index is 13.4. The zero-order valence-electron chi connectivity index (χ0n) is 21.7. The highest BCUT2D eigenvalue weighted by Gasteiger charge is 2.43. The molecule has 7 heteroatoms. The normalized spacial score (nSPS) is 17.9. The van der Waals surface area contributed by atoms with Crippen LogP contribution in [-0.2, 0) is 21.0 Å². The van der Waals surface area contributed by atoms with Crippen LogP contribution in [0.5, 0.6) is 11.5 Å². The number of carbonyl (C=O) groups excluding carboxylic acids is 2. The van der Waals surface area contributed by atoms with Gasteiger partial charge >= 0.3 is 5.97 Å². The van der Waals surface area contributed by atoms with E-state index in [9.17, 15) is 19.5 Å². The highest BCUT2D eigenvalue weighted by atomic mass is 16.5. The van der Waals surface area contributed by atoms with Crippen molar-refractivity contribution in [2.45, 2.75) is 64.4 Å². The standard InChI is InChI=1S/C31H33NO6/c1-2-37-27-18-21(14-15-26(27)38-19-20-8-4-3-5-9-20)29-30-22(10-6-12-24(30)33)32(17-16-28(35)36)23-11-7-13-25(34)31(23)29/h3-5,8-9,14-15,18,29H,2,6-7,10-13,16-17,19H2,1H3,(H,35,36). The molecule has 5 rings (SSSR count). The van der Waals surface area contributed by atoms with Gasteiger partial charge in [0, 0.05) is 47.8 Å². The number of carboxylic acid groups (broad SMARTS) is 1. The molecule has 0 bridgehead atoms. The predicted octanol–water partition coefficient (Wildman–Crippen LogP) is 5.55. The van der Waals surface area contributed by atoms with E-state index in [0.717, 1.165) is 35.4 Å². The van der Waals surface area contributed by atoms with Crippen LogP contribution < -0.4 is 9.47 Å². The van der Waals surface area contributed by atoms with E-state index in [2.05, 4.69) is 0 Å². The van der Waals surface area contributed by atoms with Crippen molar-refractivity contribution in [2.75, 3.05) is 13.2 Å². The number of ketones is 2. The summed E-state index contributed by atoms with van der Waals surface area (Å²) in [6.07, 6.45) is 3.63. The van der Waals surface area contributed by atoms with Crippen molar-refractivity contribution in [1.82, 2.24) is 4.90 Å². The number of hydrogen-bond donors (Lipinski definition) is 1. The molecule has 0 fully saturated rings. The molecule has 1 aliphatic heterocycles. The average molecular weight is 516 g/mol. The summed E-state index contributed by atoms with van der Waals surface area (Å²) < 4.78 is 12.1. The van der Waals surface area contributed by atoms with Crippen LogP contribution in [-0.4, -0.2) is 40.7 Å². The van der Waals surface area contributed by atoms with Crippen molar-refractivity contribution in [3.8, 4) is 11.5 Å². The van der Waals surface area contributed by atoms with Crippen LogP contribution in [0.2, 0.25) is 0 Å². The summed E-state index contributed by atoms with van der Waals surface area (Å²) >= 11 is 0. The molecular weight excluding hydrogens is 482 g/mol. The lowest BCUT2D eigenvalue weighted by Gasteiger charge is -2.44. The molecule has 0 radical (unpaired) electrons. The van der Waals surface area contributed by atoms with Gasteiger partial charge < -0.3 is 19.5 Å². The summed E-state index contributed by atoms with van der Waals surface area (Å²) in [6, 6.07) is 15.6. The molecule has 38 heavy (non-hydrogen) atoms. The fourth-order valence-electron chi connectivity index (χ4n) is 5.85. The van der Waals surface area contributed by atoms with Crippen molar-refractivity contribution in [3.63, 3.8) is 0 Å². The van der Waals surface area contributed by atoms with Crippen LogP contribution in [0.4, 0.5) is 0 Å². The molecule has 0 atom stereocenters. The Bertz CT molecular complexity index is 1260. The van der Waals surface area contributed by atoms with E-state index in [1.54, 1.807) is 0 Å². The highest BCUT2D eigenvalue weighted by Crippen LogP contribution is 2.50. The topological polar surface area (TPSA) is 93.1 Å². The Morgan fingerprint density at radius 3 is 2.16 bits per heavy atom. The van der Waals surface area contributed by atoms with Gasteiger partial charge in [0.25, 0.3) is 0 Å². The molecule has 2 aliphatic carbocycles. The number of allylic oxidation sites excluding steroid dienone is 4. The molecule has 0 saturated carbocycles. The first-order chi connectivity index (χ1) is 18.5. The third-order valence-electron chi connectivity index (χ3n) is 7.47. The number of nitrogens with zero attached hydrogens (tertiary/aromatic N) is 1. The maximum absolute atomic E-state index is 13.4. The number of benzene rings is 2. The van der Waals surface area contributed by atoms with Crippen LogP contribution in [0.25, 0.3) is 0 Å². The minimum Gasteiger partial charge on any atom is -0.490 e. The fraction of sp³-hybridized carbons (Fsp3) is 0.387. The summed E-state index contributed by atoms with van der Waals surface area (Å²) in [6.45, 7) is 3.00. The van der Waals surface area contributed by atoms with Crippen molar-refractivity contribution in [3.05, 3.63) is 82.2 Å². The molecule has 0 spiro atoms. The lowest BCUT2D eigenvalue weighted by atomic mass is 9.71.